The van der Waals surface area contributed by atoms with Gasteiger partial charge in [-0.1, -0.05) is 32.9 Å². The number of rotatable bonds is 0. The number of phenols is 1. The maximum absolute atomic E-state index is 9.02. The van der Waals surface area contributed by atoms with E-state index in [0.29, 0.717) is 5.75 Å². The van der Waals surface area contributed by atoms with Gasteiger partial charge in [0.15, 0.2) is 0 Å². The molecule has 0 saturated carbocycles. The maximum atomic E-state index is 9.02. The van der Waals surface area contributed by atoms with E-state index in [2.05, 4.69) is 49.0 Å². The minimum atomic E-state index is 0.174. The first kappa shape index (κ1) is 15.0. The fourth-order valence-electron chi connectivity index (χ4n) is 0.961. The van der Waals surface area contributed by atoms with E-state index < -0.39 is 0 Å². The van der Waals surface area contributed by atoms with E-state index in [0.717, 1.165) is 4.48 Å². The van der Waals surface area contributed by atoms with Crippen molar-refractivity contribution in [1.82, 2.24) is 0 Å². The average molecular weight is 224 g/mol. The lowest BCUT2D eigenvalue weighted by Gasteiger charge is -2.18. The molecule has 1 aromatic carbocycles. The van der Waals surface area contributed by atoms with Crippen LogP contribution in [0.2, 0.25) is 0 Å². The molecule has 0 spiro atoms. The third-order valence-electron chi connectivity index (χ3n) is 1.73. The number of aromatic hydroxyl groups is 1. The van der Waals surface area contributed by atoms with Crippen LogP contribution in [0.4, 0.5) is 0 Å². The fraction of sp³-hybridized carbons (Fsp3) is 0.571. The summed E-state index contributed by atoms with van der Waals surface area (Å²) in [6.07, 6.45) is 0. The highest BCUT2D eigenvalue weighted by Crippen LogP contribution is 2.23. The monoisotopic (exact) mass is 224 g/mol. The van der Waals surface area contributed by atoms with Crippen LogP contribution in [0.3, 0.4) is 0 Å². The highest BCUT2D eigenvalue weighted by atomic mass is 16.3. The Labute approximate surface area is 100 Å². The molecule has 1 N–H and O–H groups in total. The van der Waals surface area contributed by atoms with Gasteiger partial charge >= 0.3 is 0 Å². The highest BCUT2D eigenvalue weighted by molar-refractivity contribution is 5.29. The highest BCUT2D eigenvalue weighted by Gasteiger charge is 2.12. The Morgan fingerprint density at radius 1 is 0.875 bits per heavy atom. The Hall–Kier alpha value is -1.02. The normalized spacial score (nSPS) is 11.7. The van der Waals surface area contributed by atoms with Gasteiger partial charge in [0.25, 0.3) is 0 Å². The largest absolute Gasteiger partial charge is 0.508 e. The predicted octanol–water partition coefficient (Wildman–Crippen LogP) is 3.01. The minimum absolute atomic E-state index is 0.174. The van der Waals surface area contributed by atoms with E-state index >= 15 is 0 Å². The van der Waals surface area contributed by atoms with E-state index in [1.807, 2.05) is 12.1 Å². The molecule has 2 heteroatoms. The Morgan fingerprint density at radius 3 is 1.44 bits per heavy atom. The summed E-state index contributed by atoms with van der Waals surface area (Å²) in [6.45, 7) is 6.46. The van der Waals surface area contributed by atoms with E-state index in [1.165, 1.54) is 5.56 Å². The van der Waals surface area contributed by atoms with Crippen molar-refractivity contribution in [2.24, 2.45) is 0 Å². The van der Waals surface area contributed by atoms with Gasteiger partial charge in [0.1, 0.15) is 5.75 Å². The molecule has 0 atom stereocenters. The first-order chi connectivity index (χ1) is 7.00. The summed E-state index contributed by atoms with van der Waals surface area (Å²) in [6, 6.07) is 7.35. The zero-order chi connectivity index (χ0) is 13.0. The quantitative estimate of drug-likeness (QED) is 0.672. The van der Waals surface area contributed by atoms with Crippen LogP contribution in [-0.2, 0) is 5.41 Å². The van der Waals surface area contributed by atoms with Gasteiger partial charge in [-0.05, 0) is 23.1 Å². The molecule has 0 bridgehead atoms. The first-order valence-electron chi connectivity index (χ1n) is 5.58. The molecule has 1 aromatic rings. The summed E-state index contributed by atoms with van der Waals surface area (Å²) < 4.78 is 1.00. The number of quaternary nitrogens is 1. The van der Waals surface area contributed by atoms with Gasteiger partial charge in [0.05, 0.1) is 28.2 Å². The Kier molecular flexibility index (Phi) is 5.01. The average Bonchev–Trinajstić information content (AvgIpc) is 1.99. The van der Waals surface area contributed by atoms with E-state index in [1.54, 1.807) is 12.1 Å². The van der Waals surface area contributed by atoms with Crippen LogP contribution in [0.5, 0.6) is 5.75 Å². The van der Waals surface area contributed by atoms with Crippen LogP contribution >= 0.6 is 0 Å². The number of phenolic OH excluding ortho intramolecular Hbond substituents is 1. The number of benzene rings is 1. The van der Waals surface area contributed by atoms with Crippen LogP contribution in [0.15, 0.2) is 24.3 Å². The molecule has 0 amide bonds. The summed E-state index contributed by atoms with van der Waals surface area (Å²) in [5.41, 5.74) is 1.42. The lowest BCUT2D eigenvalue weighted by Crippen LogP contribution is -2.27. The molecule has 0 aliphatic carbocycles. The van der Waals surface area contributed by atoms with E-state index in [-0.39, 0.29) is 5.41 Å². The molecule has 0 unspecified atom stereocenters. The third kappa shape index (κ3) is 8.30. The third-order valence-corrected chi connectivity index (χ3v) is 1.73. The molecule has 1 rings (SSSR count). The van der Waals surface area contributed by atoms with E-state index in [9.17, 15) is 0 Å². The van der Waals surface area contributed by atoms with Gasteiger partial charge in [-0.15, -0.1) is 0 Å². The van der Waals surface area contributed by atoms with Crippen LogP contribution in [0, 0.1) is 0 Å². The topological polar surface area (TPSA) is 20.2 Å². The molecule has 0 aromatic heterocycles. The lowest BCUT2D eigenvalue weighted by molar-refractivity contribution is -0.849. The van der Waals surface area contributed by atoms with Crippen molar-refractivity contribution in [3.63, 3.8) is 0 Å². The summed E-state index contributed by atoms with van der Waals surface area (Å²) in [7, 11) is 8.50. The summed E-state index contributed by atoms with van der Waals surface area (Å²) in [5.74, 6) is 0.331. The van der Waals surface area contributed by atoms with Crippen molar-refractivity contribution in [2.45, 2.75) is 26.2 Å². The molecule has 2 nitrogen and oxygen atoms in total. The van der Waals surface area contributed by atoms with Crippen molar-refractivity contribution >= 4 is 0 Å². The molecule has 0 radical (unpaired) electrons. The molecule has 16 heavy (non-hydrogen) atoms. The van der Waals surface area contributed by atoms with Crippen molar-refractivity contribution in [2.75, 3.05) is 28.2 Å². The second kappa shape index (κ2) is 5.35. The van der Waals surface area contributed by atoms with Gasteiger partial charge < -0.3 is 9.59 Å². The van der Waals surface area contributed by atoms with Crippen LogP contribution in [0.1, 0.15) is 26.3 Å². The SMILES string of the molecule is CC(C)(C)c1ccc(O)cc1.C[N+](C)(C)C. The molecule has 0 saturated heterocycles. The second-order valence-electron chi connectivity index (χ2n) is 6.48. The van der Waals surface area contributed by atoms with E-state index in [4.69, 9.17) is 5.11 Å². The first-order valence-corrected chi connectivity index (χ1v) is 5.58. The van der Waals surface area contributed by atoms with Crippen LogP contribution in [0.25, 0.3) is 0 Å². The molecular formula is C14H26NO+. The Morgan fingerprint density at radius 2 is 1.19 bits per heavy atom. The minimum Gasteiger partial charge on any atom is -0.508 e. The van der Waals surface area contributed by atoms with Crippen molar-refractivity contribution < 1.29 is 9.59 Å². The standard InChI is InChI=1S/C10H14O.C4H12N/c1-10(2,3)8-4-6-9(11)7-5-8;1-5(2,3)4/h4-7,11H,1-3H3;1-4H3/q;+1. The smallest absolute Gasteiger partial charge is 0.115 e. The number of hydrogen-bond acceptors (Lipinski definition) is 1. The number of hydrogen-bond donors (Lipinski definition) is 1. The number of nitrogens with zero attached hydrogens (tertiary/aromatic N) is 1. The molecule has 0 fully saturated rings. The molecule has 0 aliphatic heterocycles. The summed E-state index contributed by atoms with van der Waals surface area (Å²) >= 11 is 0. The Balaban J connectivity index is 0.000000385. The maximum Gasteiger partial charge on any atom is 0.115 e. The predicted molar refractivity (Wildman–Crippen MR) is 70.8 cm³/mol. The summed E-state index contributed by atoms with van der Waals surface area (Å²) in [5, 5.41) is 9.02. The van der Waals surface area contributed by atoms with Gasteiger partial charge in [-0.3, -0.25) is 0 Å². The van der Waals surface area contributed by atoms with Crippen LogP contribution < -0.4 is 0 Å². The van der Waals surface area contributed by atoms with Crippen molar-refractivity contribution in [1.29, 1.82) is 0 Å². The van der Waals surface area contributed by atoms with Crippen molar-refractivity contribution in [3.8, 4) is 5.75 Å². The van der Waals surface area contributed by atoms with Gasteiger partial charge in [-0.2, -0.15) is 0 Å². The van der Waals surface area contributed by atoms with Crippen molar-refractivity contribution in [3.05, 3.63) is 29.8 Å². The lowest BCUT2D eigenvalue weighted by atomic mass is 9.87. The second-order valence-corrected chi connectivity index (χ2v) is 6.48. The molecule has 0 aliphatic rings. The molecular weight excluding hydrogens is 198 g/mol. The summed E-state index contributed by atoms with van der Waals surface area (Å²) in [4.78, 5) is 0. The van der Waals surface area contributed by atoms with Gasteiger partial charge in [0.2, 0.25) is 0 Å². The zero-order valence-electron chi connectivity index (χ0n) is 11.7. The fourth-order valence-corrected chi connectivity index (χ4v) is 0.961. The van der Waals surface area contributed by atoms with Gasteiger partial charge in [-0.25, -0.2) is 0 Å². The molecule has 92 valence electrons. The van der Waals surface area contributed by atoms with Gasteiger partial charge in [0, 0.05) is 0 Å². The Bertz CT molecular complexity index is 295. The molecule has 0 heterocycles. The zero-order valence-corrected chi connectivity index (χ0v) is 11.7. The van der Waals surface area contributed by atoms with Crippen LogP contribution in [-0.4, -0.2) is 37.8 Å².